The van der Waals surface area contributed by atoms with Gasteiger partial charge in [-0.2, -0.15) is 46.7 Å². The van der Waals surface area contributed by atoms with Crippen molar-refractivity contribution < 1.29 is 88.8 Å². The van der Waals surface area contributed by atoms with Gasteiger partial charge in [-0.3, -0.25) is 27.6 Å². The van der Waals surface area contributed by atoms with Gasteiger partial charge in [-0.25, -0.2) is 0 Å². The molecule has 0 radical (unpaired) electrons. The average molecular weight is 1090 g/mol. The van der Waals surface area contributed by atoms with Crippen LogP contribution in [0.15, 0.2) is 92.0 Å². The fraction of sp³-hybridized carbons (Fsp3) is 0.422. The molecule has 0 spiro atoms. The topological polar surface area (TPSA) is 334 Å². The first-order valence-electron chi connectivity index (χ1n) is 22.1. The second-order valence-electron chi connectivity index (χ2n) is 17.7. The number of nitrogens with zero attached hydrogens (tertiary/aromatic N) is 2. The molecule has 0 bridgehead atoms. The zero-order chi connectivity index (χ0) is 52.7. The van der Waals surface area contributed by atoms with Crippen molar-refractivity contribution in [2.75, 3.05) is 50.7 Å². The maximum absolute atomic E-state index is 12.9. The van der Waals surface area contributed by atoms with E-state index in [0.29, 0.717) is 65.3 Å². The van der Waals surface area contributed by atoms with Crippen LogP contribution < -0.4 is 4.90 Å². The number of carbonyl (C=O) groups is 1. The number of rotatable bonds is 23. The van der Waals surface area contributed by atoms with Crippen molar-refractivity contribution in [3.8, 4) is 0 Å². The van der Waals surface area contributed by atoms with Crippen LogP contribution >= 0.6 is 0 Å². The maximum Gasteiger partial charge on any atom is 0.303 e. The summed E-state index contributed by atoms with van der Waals surface area (Å²) in [5.74, 6) is -1.68. The molecule has 4 aromatic carbocycles. The average Bonchev–Trinajstić information content (AvgIpc) is 3.64. The lowest BCUT2D eigenvalue weighted by molar-refractivity contribution is -0.438. The molecule has 0 saturated carbocycles. The number of allylic oxidation sites excluding steroid dienone is 4. The molecule has 2 aliphatic rings. The molecule has 4 aromatic rings. The highest BCUT2D eigenvalue weighted by atomic mass is 32.2. The molecule has 26 heteroatoms. The van der Waals surface area contributed by atoms with E-state index in [1.807, 2.05) is 16.4 Å². The smallest absolute Gasteiger partial charge is 0.303 e. The van der Waals surface area contributed by atoms with E-state index in [1.165, 1.54) is 19.2 Å². The summed E-state index contributed by atoms with van der Waals surface area (Å²) >= 11 is 0. The molecule has 21 nitrogen and oxygen atoms in total. The van der Waals surface area contributed by atoms with E-state index in [2.05, 4.69) is 0 Å². The number of benzene rings is 4. The van der Waals surface area contributed by atoms with E-state index in [1.54, 1.807) is 44.2 Å². The molecule has 0 aliphatic carbocycles. The zero-order valence-corrected chi connectivity index (χ0v) is 43.1. The van der Waals surface area contributed by atoms with Crippen molar-refractivity contribution in [3.63, 3.8) is 0 Å². The van der Waals surface area contributed by atoms with Crippen molar-refractivity contribution in [2.24, 2.45) is 0 Å². The fourth-order valence-corrected chi connectivity index (χ4v) is 13.1. The molecule has 2 atom stereocenters. The Balaban J connectivity index is 1.65. The number of aliphatic carboxylic acids is 1. The predicted octanol–water partition coefficient (Wildman–Crippen LogP) is 5.94. The van der Waals surface area contributed by atoms with Crippen molar-refractivity contribution >= 4 is 95.2 Å². The van der Waals surface area contributed by atoms with E-state index in [0.717, 1.165) is 12.1 Å². The standard InChI is InChI=1S/C45H54N2O19S5/c1-5-46-35-16-14-31-33(25-29(68(53,54)55)27-37(31)70(59,60)61)42(35)44(2,18-10-24-67(50,51)52)39(46)11-9-12-40-45(3,19-21-66-23-22-65-4)43-34-26-30(69(56,57)58)28-38(71(62,63)64)32(34)15-17-36(43)47(40)20-8-6-7-13-41(48)49/h9,11-12,14-17,25-28H,5-8,10,13,18-24H2,1-4H3,(H5-,48,49,50,51,52,53,54,55,56,57,58,59,60,61,62,63,64)/p+1. The van der Waals surface area contributed by atoms with Crippen molar-refractivity contribution in [1.29, 1.82) is 0 Å². The first kappa shape index (κ1) is 55.6. The Morgan fingerprint density at radius 2 is 1.25 bits per heavy atom. The molecule has 0 fully saturated rings. The van der Waals surface area contributed by atoms with Crippen LogP contribution in [0, 0.1) is 0 Å². The molecule has 6 rings (SSSR count). The van der Waals surface area contributed by atoms with E-state index in [4.69, 9.17) is 9.47 Å². The zero-order valence-electron chi connectivity index (χ0n) is 39.0. The Labute approximate surface area is 412 Å². The van der Waals surface area contributed by atoms with Crippen molar-refractivity contribution in [1.82, 2.24) is 0 Å². The van der Waals surface area contributed by atoms with Crippen LogP contribution in [-0.4, -0.2) is 132 Å². The molecule has 0 saturated heterocycles. The molecule has 0 amide bonds. The minimum absolute atomic E-state index is 0.0124. The predicted molar refractivity (Wildman–Crippen MR) is 261 cm³/mol. The van der Waals surface area contributed by atoms with Gasteiger partial charge in [-0.15, -0.1) is 0 Å². The maximum atomic E-state index is 12.9. The summed E-state index contributed by atoms with van der Waals surface area (Å²) in [6, 6.07) is 9.34. The van der Waals surface area contributed by atoms with Gasteiger partial charge in [0.15, 0.2) is 5.71 Å². The number of unbranched alkanes of at least 4 members (excludes halogenated alkanes) is 2. The monoisotopic (exact) mass is 1090 g/mol. The lowest BCUT2D eigenvalue weighted by Gasteiger charge is -2.30. The number of anilines is 1. The van der Waals surface area contributed by atoms with E-state index in [9.17, 15) is 74.8 Å². The number of fused-ring (bicyclic) bond motifs is 6. The SMILES string of the molecule is CCN1C(=CC=CC2=[N+](CCCCCC(=O)O)c3ccc4c(S(=O)(=O)O)cc(S(=O)(=O)O)cc4c3C2(C)CCOCCOC)C(C)(CCCS(=O)(=O)O)c2c1ccc1c(S(=O)(=O)O)cc(S(=O)(=O)O)cc21. The summed E-state index contributed by atoms with van der Waals surface area (Å²) in [6.07, 6.45) is 6.17. The molecule has 71 heavy (non-hydrogen) atoms. The Morgan fingerprint density at radius 1 is 0.676 bits per heavy atom. The Morgan fingerprint density at radius 3 is 1.77 bits per heavy atom. The largest absolute Gasteiger partial charge is 0.481 e. The van der Waals surface area contributed by atoms with Gasteiger partial charge in [0.2, 0.25) is 5.69 Å². The van der Waals surface area contributed by atoms with Crippen LogP contribution in [-0.2, 0) is 75.7 Å². The van der Waals surface area contributed by atoms with E-state index < -0.39 is 92.7 Å². The summed E-state index contributed by atoms with van der Waals surface area (Å²) in [5, 5.41) is 9.18. The number of carboxylic acids is 1. The van der Waals surface area contributed by atoms with Gasteiger partial charge in [0.05, 0.1) is 34.2 Å². The third-order valence-electron chi connectivity index (χ3n) is 13.0. The summed E-state index contributed by atoms with van der Waals surface area (Å²) < 4.78 is 190. The quantitative estimate of drug-likeness (QED) is 0.0284. The number of hydrogen-bond acceptors (Lipinski definition) is 14. The van der Waals surface area contributed by atoms with Crippen LogP contribution in [0.2, 0.25) is 0 Å². The van der Waals surface area contributed by atoms with Crippen molar-refractivity contribution in [2.45, 2.75) is 96.1 Å². The van der Waals surface area contributed by atoms with Gasteiger partial charge in [0, 0.05) is 78.4 Å². The number of methoxy groups -OCH3 is 1. The second-order valence-corrected chi connectivity index (χ2v) is 24.9. The fourth-order valence-electron chi connectivity index (χ4n) is 9.89. The van der Waals surface area contributed by atoms with Crippen LogP contribution in [0.25, 0.3) is 21.5 Å². The van der Waals surface area contributed by atoms with Gasteiger partial charge in [0.25, 0.3) is 50.6 Å². The van der Waals surface area contributed by atoms with Crippen LogP contribution in [0.4, 0.5) is 11.4 Å². The summed E-state index contributed by atoms with van der Waals surface area (Å²) in [4.78, 5) is 9.94. The second kappa shape index (κ2) is 20.7. The van der Waals surface area contributed by atoms with E-state index in [-0.39, 0.29) is 80.1 Å². The first-order chi connectivity index (χ1) is 32.9. The van der Waals surface area contributed by atoms with Crippen LogP contribution in [0.5, 0.6) is 0 Å². The number of hydrogen-bond donors (Lipinski definition) is 6. The Hall–Kier alpha value is -4.71. The number of likely N-dealkylation sites (N-methyl/N-ethyl adjacent to an activating group) is 1. The molecular formula is C45H55N2O19S5+. The molecule has 2 aliphatic heterocycles. The minimum atomic E-state index is -5.12. The lowest BCUT2D eigenvalue weighted by Crippen LogP contribution is -2.33. The van der Waals surface area contributed by atoms with Crippen molar-refractivity contribution in [3.05, 3.63) is 83.6 Å². The molecule has 2 unspecified atom stereocenters. The molecular weight excluding hydrogens is 1030 g/mol. The number of carboxylic acid groups (broad SMARTS) is 1. The summed E-state index contributed by atoms with van der Waals surface area (Å²) in [5.41, 5.74) is 0.0983. The number of ether oxygens (including phenoxy) is 2. The highest BCUT2D eigenvalue weighted by Crippen LogP contribution is 2.54. The van der Waals surface area contributed by atoms with Gasteiger partial charge < -0.3 is 19.5 Å². The third-order valence-corrected chi connectivity index (χ3v) is 17.3. The Bertz CT molecular complexity index is 3480. The normalized spacial score (nSPS) is 19.5. The summed E-state index contributed by atoms with van der Waals surface area (Å²) in [6.45, 7) is 6.26. The first-order valence-corrected chi connectivity index (χ1v) is 29.4. The van der Waals surface area contributed by atoms with Crippen LogP contribution in [0.3, 0.4) is 0 Å². The third kappa shape index (κ3) is 11.7. The van der Waals surface area contributed by atoms with E-state index >= 15 is 0 Å². The van der Waals surface area contributed by atoms with Gasteiger partial charge >= 0.3 is 5.97 Å². The Kier molecular flexibility index (Phi) is 16.2. The molecule has 0 aromatic heterocycles. The molecule has 6 N–H and O–H groups in total. The lowest BCUT2D eigenvalue weighted by atomic mass is 9.74. The van der Waals surface area contributed by atoms with Gasteiger partial charge in [-0.05, 0) is 112 Å². The molecule has 2 heterocycles. The highest BCUT2D eigenvalue weighted by molar-refractivity contribution is 7.87. The van der Waals surface area contributed by atoms with Gasteiger partial charge in [0.1, 0.15) is 16.3 Å². The van der Waals surface area contributed by atoms with Gasteiger partial charge in [-0.1, -0.05) is 12.1 Å². The minimum Gasteiger partial charge on any atom is -0.481 e. The molecule has 388 valence electrons. The highest BCUT2D eigenvalue weighted by Gasteiger charge is 2.50. The van der Waals surface area contributed by atoms with Crippen LogP contribution in [0.1, 0.15) is 76.8 Å². The summed E-state index contributed by atoms with van der Waals surface area (Å²) in [7, 11) is -23.4.